The highest BCUT2D eigenvalue weighted by Crippen LogP contribution is 2.54. The van der Waals surface area contributed by atoms with Crippen LogP contribution in [0.3, 0.4) is 0 Å². The van der Waals surface area contributed by atoms with Crippen LogP contribution < -0.4 is 0 Å². The molecule has 0 heterocycles. The molecule has 0 rings (SSSR count). The Morgan fingerprint density at radius 3 is 1.06 bits per heavy atom. The van der Waals surface area contributed by atoms with E-state index >= 15 is 0 Å². The molecule has 4 nitrogen and oxygen atoms in total. The summed E-state index contributed by atoms with van der Waals surface area (Å²) in [7, 11) is 11.1. The van der Waals surface area contributed by atoms with Crippen molar-refractivity contribution in [3.05, 3.63) is 0 Å². The SMILES string of the molecule is CCCCOP(=S)(CCCSSSSSSCCCP(=S)(OCCCC)OCCCC)OCCCC. The zero-order valence-electron chi connectivity index (χ0n) is 22.5. The number of rotatable bonds is 29. The molecule has 0 aliphatic heterocycles. The fourth-order valence-electron chi connectivity index (χ4n) is 2.49. The Labute approximate surface area is 255 Å². The van der Waals surface area contributed by atoms with E-state index in [4.69, 9.17) is 41.7 Å². The van der Waals surface area contributed by atoms with E-state index in [1.54, 1.807) is 0 Å². The van der Waals surface area contributed by atoms with E-state index in [1.807, 2.05) is 60.9 Å². The second kappa shape index (κ2) is 28.4. The second-order valence-electron chi connectivity index (χ2n) is 8.04. The molecule has 0 atom stereocenters. The average Bonchev–Trinajstić information content (AvgIpc) is 2.85. The van der Waals surface area contributed by atoms with Crippen LogP contribution in [-0.4, -0.2) is 50.3 Å². The number of hydrogen-bond donors (Lipinski definition) is 0. The molecule has 0 unspecified atom stereocenters. The monoisotopic (exact) mass is 694 g/mol. The quantitative estimate of drug-likeness (QED) is 0.0425. The van der Waals surface area contributed by atoms with Crippen molar-refractivity contribution in [2.45, 2.75) is 91.9 Å². The molecule has 0 aliphatic carbocycles. The van der Waals surface area contributed by atoms with E-state index in [0.717, 1.165) is 114 Å². The molecule has 0 aliphatic rings. The van der Waals surface area contributed by atoms with Gasteiger partial charge in [-0.1, -0.05) is 75.0 Å². The predicted octanol–water partition coefficient (Wildman–Crippen LogP) is 11.6. The van der Waals surface area contributed by atoms with Crippen molar-refractivity contribution < 1.29 is 18.1 Å². The molecule has 0 N–H and O–H groups in total. The first-order chi connectivity index (χ1) is 17.4. The summed E-state index contributed by atoms with van der Waals surface area (Å²) < 4.78 is 24.1. The van der Waals surface area contributed by atoms with E-state index in [1.165, 1.54) is 0 Å². The molecule has 0 fully saturated rings. The molecule has 0 spiro atoms. The summed E-state index contributed by atoms with van der Waals surface area (Å²) in [6.45, 7) is 7.39. The molecular formula is C22H48O4P2S8. The number of hydrogen-bond acceptors (Lipinski definition) is 12. The van der Waals surface area contributed by atoms with Gasteiger partial charge in [-0.2, -0.15) is 0 Å². The molecule has 0 saturated heterocycles. The topological polar surface area (TPSA) is 36.9 Å². The molecule has 0 amide bonds. The van der Waals surface area contributed by atoms with Crippen molar-refractivity contribution in [1.29, 1.82) is 0 Å². The first kappa shape index (κ1) is 39.2. The molecule has 0 saturated carbocycles. The van der Waals surface area contributed by atoms with Crippen molar-refractivity contribution in [1.82, 2.24) is 0 Å². The lowest BCUT2D eigenvalue weighted by Crippen LogP contribution is -2.03. The molecule has 0 aromatic carbocycles. The van der Waals surface area contributed by atoms with E-state index in [0.29, 0.717) is 0 Å². The van der Waals surface area contributed by atoms with Crippen LogP contribution in [-0.2, 0) is 41.7 Å². The molecular weight excluding hydrogens is 647 g/mol. The van der Waals surface area contributed by atoms with Crippen LogP contribution in [0.5, 0.6) is 0 Å². The van der Waals surface area contributed by atoms with Gasteiger partial charge in [0.25, 0.3) is 0 Å². The summed E-state index contributed by atoms with van der Waals surface area (Å²) in [6.07, 6.45) is 12.6. The van der Waals surface area contributed by atoms with Crippen LogP contribution in [0.1, 0.15) is 91.9 Å². The maximum absolute atomic E-state index is 6.03. The zero-order valence-corrected chi connectivity index (χ0v) is 30.8. The third kappa shape index (κ3) is 25.0. The Morgan fingerprint density at radius 1 is 0.472 bits per heavy atom. The molecule has 0 aromatic rings. The predicted molar refractivity (Wildman–Crippen MR) is 186 cm³/mol. The van der Waals surface area contributed by atoms with Crippen LogP contribution in [0.2, 0.25) is 0 Å². The van der Waals surface area contributed by atoms with Crippen LogP contribution in [0, 0.1) is 0 Å². The Kier molecular flexibility index (Phi) is 30.9. The van der Waals surface area contributed by atoms with Gasteiger partial charge in [-0.25, -0.2) is 0 Å². The Morgan fingerprint density at radius 2 is 0.778 bits per heavy atom. The van der Waals surface area contributed by atoms with Gasteiger partial charge >= 0.3 is 0 Å². The van der Waals surface area contributed by atoms with Crippen molar-refractivity contribution in [2.75, 3.05) is 50.3 Å². The highest BCUT2D eigenvalue weighted by molar-refractivity contribution is 9.41. The molecule has 218 valence electrons. The highest BCUT2D eigenvalue weighted by atomic mass is 33.9. The van der Waals surface area contributed by atoms with Crippen molar-refractivity contribution in [3.8, 4) is 0 Å². The van der Waals surface area contributed by atoms with Gasteiger partial charge in [-0.05, 0) is 101 Å². The molecule has 14 heteroatoms. The van der Waals surface area contributed by atoms with Gasteiger partial charge in [0.05, 0.1) is 26.4 Å². The Bertz CT molecular complexity index is 502. The average molecular weight is 695 g/mol. The summed E-state index contributed by atoms with van der Waals surface area (Å²) in [4.78, 5) is 0. The minimum atomic E-state index is -2.12. The van der Waals surface area contributed by atoms with E-state index in [2.05, 4.69) is 27.7 Å². The van der Waals surface area contributed by atoms with Crippen LogP contribution >= 0.6 is 73.9 Å². The van der Waals surface area contributed by atoms with Crippen molar-refractivity contribution in [3.63, 3.8) is 0 Å². The van der Waals surface area contributed by atoms with E-state index in [-0.39, 0.29) is 0 Å². The van der Waals surface area contributed by atoms with Gasteiger partial charge in [-0.3, -0.25) is 0 Å². The molecule has 0 aromatic heterocycles. The van der Waals surface area contributed by atoms with Gasteiger partial charge in [0.15, 0.2) is 13.0 Å². The second-order valence-corrected chi connectivity index (χ2v) is 25.5. The van der Waals surface area contributed by atoms with Crippen LogP contribution in [0.25, 0.3) is 0 Å². The summed E-state index contributed by atoms with van der Waals surface area (Å²) in [5.74, 6) is 2.15. The van der Waals surface area contributed by atoms with Gasteiger partial charge in [0, 0.05) is 23.8 Å². The van der Waals surface area contributed by atoms with Crippen LogP contribution in [0.15, 0.2) is 0 Å². The fourth-order valence-corrected chi connectivity index (χ4v) is 19.6. The Hall–Kier alpha value is 3.24. The van der Waals surface area contributed by atoms with Crippen molar-refractivity contribution in [2.24, 2.45) is 0 Å². The standard InChI is InChI=1S/C22H48O4P2S8/c1-5-9-15-23-27(29,24-16-10-6-2)19-13-21-31-33-35-36-34-32-22-14-20-28(30,25-17-11-7-3)26-18-12-8-4/h5-22H2,1-4H3. The number of unbranched alkanes of at least 4 members (excludes halogenated alkanes) is 4. The van der Waals surface area contributed by atoms with Gasteiger partial charge in [-0.15, -0.1) is 0 Å². The van der Waals surface area contributed by atoms with Gasteiger partial charge in [0.2, 0.25) is 0 Å². The summed E-state index contributed by atoms with van der Waals surface area (Å²) in [5.41, 5.74) is 0. The maximum Gasteiger partial charge on any atom is 0.188 e. The lowest BCUT2D eigenvalue weighted by Gasteiger charge is -2.22. The molecule has 36 heavy (non-hydrogen) atoms. The lowest BCUT2D eigenvalue weighted by molar-refractivity contribution is 0.240. The third-order valence-corrected chi connectivity index (χ3v) is 22.1. The van der Waals surface area contributed by atoms with E-state index in [9.17, 15) is 0 Å². The zero-order chi connectivity index (χ0) is 26.8. The smallest absolute Gasteiger partial charge is 0.188 e. The van der Waals surface area contributed by atoms with Crippen LogP contribution in [0.4, 0.5) is 0 Å². The van der Waals surface area contributed by atoms with Crippen molar-refractivity contribution >= 4 is 97.5 Å². The maximum atomic E-state index is 6.03. The highest BCUT2D eigenvalue weighted by Gasteiger charge is 2.19. The Balaban J connectivity index is 3.88. The molecule has 0 bridgehead atoms. The van der Waals surface area contributed by atoms with Gasteiger partial charge < -0.3 is 18.1 Å². The van der Waals surface area contributed by atoms with Gasteiger partial charge in [0.1, 0.15) is 0 Å². The summed E-state index contributed by atoms with van der Waals surface area (Å²) in [6, 6.07) is 0. The summed E-state index contributed by atoms with van der Waals surface area (Å²) in [5, 5.41) is 0. The minimum absolute atomic E-state index is 0.732. The largest absolute Gasteiger partial charge is 0.329 e. The fraction of sp³-hybridized carbons (Fsp3) is 1.00. The lowest BCUT2D eigenvalue weighted by atomic mass is 10.4. The minimum Gasteiger partial charge on any atom is -0.329 e. The normalized spacial score (nSPS) is 12.4. The first-order valence-electron chi connectivity index (χ1n) is 13.1. The van der Waals surface area contributed by atoms with E-state index < -0.39 is 13.0 Å². The first-order valence-corrected chi connectivity index (χ1v) is 26.6. The summed E-state index contributed by atoms with van der Waals surface area (Å²) >= 11 is 11.6. The molecule has 0 radical (unpaired) electrons. The third-order valence-electron chi connectivity index (χ3n) is 4.64.